The fourth-order valence-electron chi connectivity index (χ4n) is 1.83. The molecule has 0 amide bonds. The summed E-state index contributed by atoms with van der Waals surface area (Å²) < 4.78 is 0. The van der Waals surface area contributed by atoms with Gasteiger partial charge in [-0.3, -0.25) is 4.79 Å². The number of rotatable bonds is 5. The van der Waals surface area contributed by atoms with E-state index in [-0.39, 0.29) is 17.0 Å². The molecule has 5 heteroatoms. The lowest BCUT2D eigenvalue weighted by Gasteiger charge is -2.07. The number of hydrogen-bond donors (Lipinski definition) is 2. The summed E-state index contributed by atoms with van der Waals surface area (Å²) in [6.07, 6.45) is 0. The molecule has 0 aliphatic rings. The van der Waals surface area contributed by atoms with Crippen LogP contribution in [-0.2, 0) is 5.75 Å². The van der Waals surface area contributed by atoms with Crippen molar-refractivity contribution in [2.75, 3.05) is 5.75 Å². The first kappa shape index (κ1) is 14.7. The first-order valence-corrected chi connectivity index (χ1v) is 7.68. The Morgan fingerprint density at radius 1 is 1.30 bits per heavy atom. The van der Waals surface area contributed by atoms with Gasteiger partial charge in [-0.15, -0.1) is 0 Å². The minimum atomic E-state index is -0.302. The Hall–Kier alpha value is -1.75. The van der Waals surface area contributed by atoms with Gasteiger partial charge in [0.05, 0.1) is 5.75 Å². The Bertz CT molecular complexity index is 624. The van der Waals surface area contributed by atoms with Gasteiger partial charge in [-0.05, 0) is 17.2 Å². The zero-order chi connectivity index (χ0) is 14.5. The summed E-state index contributed by atoms with van der Waals surface area (Å²) in [5.41, 5.74) is 0.590. The number of aromatic nitrogens is 2. The molecule has 2 aromatic rings. The van der Waals surface area contributed by atoms with Gasteiger partial charge in [-0.25, -0.2) is 0 Å². The third-order valence-corrected chi connectivity index (χ3v) is 4.08. The minimum absolute atomic E-state index is 0.208. The van der Waals surface area contributed by atoms with Crippen LogP contribution in [0, 0.1) is 5.92 Å². The van der Waals surface area contributed by atoms with Crippen molar-refractivity contribution in [1.82, 2.24) is 9.97 Å². The second-order valence-corrected chi connectivity index (χ2v) is 6.02. The van der Waals surface area contributed by atoms with Crippen LogP contribution in [0.3, 0.4) is 0 Å². The second-order valence-electron chi connectivity index (χ2n) is 4.99. The van der Waals surface area contributed by atoms with E-state index in [4.69, 9.17) is 0 Å². The number of benzene rings is 1. The molecule has 2 rings (SSSR count). The van der Waals surface area contributed by atoms with Crippen LogP contribution >= 0.6 is 11.8 Å². The number of aromatic amines is 1. The van der Waals surface area contributed by atoms with Crippen molar-refractivity contribution in [1.29, 1.82) is 0 Å². The van der Waals surface area contributed by atoms with Gasteiger partial charge in [0, 0.05) is 0 Å². The van der Waals surface area contributed by atoms with Gasteiger partial charge in [-0.2, -0.15) is 16.7 Å². The number of H-pyrrole nitrogens is 1. The van der Waals surface area contributed by atoms with E-state index < -0.39 is 0 Å². The highest BCUT2D eigenvalue weighted by Crippen LogP contribution is 2.23. The number of nitrogens with one attached hydrogen (secondary N) is 1. The van der Waals surface area contributed by atoms with E-state index in [9.17, 15) is 9.90 Å². The lowest BCUT2D eigenvalue weighted by atomic mass is 10.1. The molecule has 0 aliphatic carbocycles. The summed E-state index contributed by atoms with van der Waals surface area (Å²) in [4.78, 5) is 18.9. The number of hydrogen-bond acceptors (Lipinski definition) is 4. The summed E-state index contributed by atoms with van der Waals surface area (Å²) in [5.74, 6) is 2.47. The predicted octanol–water partition coefficient (Wildman–Crippen LogP) is 3.03. The van der Waals surface area contributed by atoms with Crippen molar-refractivity contribution in [3.63, 3.8) is 0 Å². The molecule has 0 unspecified atom stereocenters. The highest BCUT2D eigenvalue weighted by molar-refractivity contribution is 7.98. The lowest BCUT2D eigenvalue weighted by molar-refractivity contribution is 0.451. The van der Waals surface area contributed by atoms with Gasteiger partial charge < -0.3 is 10.1 Å². The van der Waals surface area contributed by atoms with Gasteiger partial charge in [0.2, 0.25) is 5.88 Å². The zero-order valence-electron chi connectivity index (χ0n) is 11.6. The summed E-state index contributed by atoms with van der Waals surface area (Å²) in [6.45, 7) is 4.28. The number of thioether (sulfide) groups is 1. The standard InChI is InChI=1S/C15H18N2O2S/c1-10(2)8-20-9-12-16-14(18)13(15(19)17-12)11-6-4-3-5-7-11/h3-7,10H,8-9H2,1-2H3,(H2,16,17,18,19). The Kier molecular flexibility index (Phi) is 4.84. The lowest BCUT2D eigenvalue weighted by Crippen LogP contribution is -2.13. The molecule has 20 heavy (non-hydrogen) atoms. The average Bonchev–Trinajstić information content (AvgIpc) is 2.38. The van der Waals surface area contributed by atoms with Gasteiger partial charge in [0.15, 0.2) is 0 Å². The van der Waals surface area contributed by atoms with Crippen molar-refractivity contribution >= 4 is 11.8 Å². The van der Waals surface area contributed by atoms with Gasteiger partial charge >= 0.3 is 0 Å². The highest BCUT2D eigenvalue weighted by Gasteiger charge is 2.12. The molecule has 0 aliphatic heterocycles. The first-order chi connectivity index (χ1) is 9.58. The smallest absolute Gasteiger partial charge is 0.262 e. The van der Waals surface area contributed by atoms with Crippen molar-refractivity contribution in [2.45, 2.75) is 19.6 Å². The first-order valence-electron chi connectivity index (χ1n) is 6.53. The summed E-state index contributed by atoms with van der Waals surface area (Å²) in [7, 11) is 0. The van der Waals surface area contributed by atoms with Crippen LogP contribution in [0.25, 0.3) is 11.1 Å². The zero-order valence-corrected chi connectivity index (χ0v) is 12.4. The fourth-order valence-corrected chi connectivity index (χ4v) is 2.75. The molecule has 1 aromatic heterocycles. The molecule has 2 N–H and O–H groups in total. The Balaban J connectivity index is 2.24. The van der Waals surface area contributed by atoms with Crippen LogP contribution in [-0.4, -0.2) is 20.8 Å². The topological polar surface area (TPSA) is 66.0 Å². The molecule has 1 heterocycles. The minimum Gasteiger partial charge on any atom is -0.493 e. The van der Waals surface area contributed by atoms with E-state index >= 15 is 0 Å². The molecule has 0 spiro atoms. The quantitative estimate of drug-likeness (QED) is 0.888. The SMILES string of the molecule is CC(C)CSCc1nc(O)c(-c2ccccc2)c(=O)[nH]1. The summed E-state index contributed by atoms with van der Waals surface area (Å²) in [6, 6.07) is 9.05. The van der Waals surface area contributed by atoms with E-state index in [2.05, 4.69) is 23.8 Å². The third-order valence-electron chi connectivity index (χ3n) is 2.70. The van der Waals surface area contributed by atoms with Crippen LogP contribution < -0.4 is 5.56 Å². The monoisotopic (exact) mass is 290 g/mol. The molecule has 0 bridgehead atoms. The maximum absolute atomic E-state index is 12.1. The summed E-state index contributed by atoms with van der Waals surface area (Å²) >= 11 is 1.69. The molecular formula is C15H18N2O2S. The molecule has 1 aromatic carbocycles. The average molecular weight is 290 g/mol. The van der Waals surface area contributed by atoms with Gasteiger partial charge in [0.25, 0.3) is 5.56 Å². The van der Waals surface area contributed by atoms with Crippen LogP contribution in [0.1, 0.15) is 19.7 Å². The Morgan fingerprint density at radius 3 is 2.60 bits per heavy atom. The predicted molar refractivity (Wildman–Crippen MR) is 83.0 cm³/mol. The maximum Gasteiger partial charge on any atom is 0.262 e. The maximum atomic E-state index is 12.1. The summed E-state index contributed by atoms with van der Waals surface area (Å²) in [5, 5.41) is 9.99. The number of nitrogens with zero attached hydrogens (tertiary/aromatic N) is 1. The van der Waals surface area contributed by atoms with E-state index in [0.717, 1.165) is 5.75 Å². The number of aromatic hydroxyl groups is 1. The largest absolute Gasteiger partial charge is 0.493 e. The third kappa shape index (κ3) is 3.63. The fraction of sp³-hybridized carbons (Fsp3) is 0.333. The molecule has 0 saturated carbocycles. The van der Waals surface area contributed by atoms with Crippen molar-refractivity contribution in [3.8, 4) is 17.0 Å². The highest BCUT2D eigenvalue weighted by atomic mass is 32.2. The molecule has 0 saturated heterocycles. The molecule has 0 atom stereocenters. The Morgan fingerprint density at radius 2 is 2.00 bits per heavy atom. The molecule has 106 valence electrons. The Labute approximate surface area is 122 Å². The van der Waals surface area contributed by atoms with Crippen molar-refractivity contribution in [2.24, 2.45) is 5.92 Å². The molecule has 0 fully saturated rings. The molecular weight excluding hydrogens is 272 g/mol. The van der Waals surface area contributed by atoms with E-state index in [1.54, 1.807) is 23.9 Å². The normalized spacial score (nSPS) is 10.9. The van der Waals surface area contributed by atoms with E-state index in [0.29, 0.717) is 23.1 Å². The van der Waals surface area contributed by atoms with Crippen LogP contribution in [0.15, 0.2) is 35.1 Å². The molecule has 0 radical (unpaired) electrons. The second kappa shape index (κ2) is 6.61. The van der Waals surface area contributed by atoms with Crippen LogP contribution in [0.2, 0.25) is 0 Å². The van der Waals surface area contributed by atoms with Gasteiger partial charge in [0.1, 0.15) is 11.4 Å². The van der Waals surface area contributed by atoms with Gasteiger partial charge in [-0.1, -0.05) is 44.2 Å². The van der Waals surface area contributed by atoms with Crippen LogP contribution in [0.5, 0.6) is 5.88 Å². The van der Waals surface area contributed by atoms with Crippen LogP contribution in [0.4, 0.5) is 0 Å². The van der Waals surface area contributed by atoms with E-state index in [1.807, 2.05) is 18.2 Å². The van der Waals surface area contributed by atoms with Crippen molar-refractivity contribution < 1.29 is 5.11 Å². The van der Waals surface area contributed by atoms with E-state index in [1.165, 1.54) is 0 Å². The van der Waals surface area contributed by atoms with Crippen molar-refractivity contribution in [3.05, 3.63) is 46.5 Å². The molecule has 4 nitrogen and oxygen atoms in total.